The summed E-state index contributed by atoms with van der Waals surface area (Å²) in [5.74, 6) is 1.12. The summed E-state index contributed by atoms with van der Waals surface area (Å²) < 4.78 is 12.0. The van der Waals surface area contributed by atoms with Crippen LogP contribution >= 0.6 is 0 Å². The van der Waals surface area contributed by atoms with E-state index in [1.807, 2.05) is 20.8 Å². The van der Waals surface area contributed by atoms with Gasteiger partial charge in [0.15, 0.2) is 0 Å². The largest absolute Gasteiger partial charge is 0.462 e. The van der Waals surface area contributed by atoms with E-state index in [4.69, 9.17) is 9.47 Å². The average molecular weight is 365 g/mol. The van der Waals surface area contributed by atoms with Crippen LogP contribution in [0.5, 0.6) is 0 Å². The molecule has 2 bridgehead atoms. The molecule has 0 amide bonds. The van der Waals surface area contributed by atoms with E-state index in [1.165, 1.54) is 0 Å². The molecule has 5 unspecified atom stereocenters. The van der Waals surface area contributed by atoms with Crippen molar-refractivity contribution >= 4 is 11.9 Å². The topological polar surface area (TPSA) is 52.6 Å². The number of rotatable bonds is 2. The number of ether oxygens (including phenoxy) is 2. The normalized spacial score (nSPS) is 41.2. The van der Waals surface area contributed by atoms with Crippen molar-refractivity contribution in [1.29, 1.82) is 0 Å². The van der Waals surface area contributed by atoms with Crippen molar-refractivity contribution in [3.05, 3.63) is 0 Å². The maximum Gasteiger partial charge on any atom is 0.311 e. The molecular formula is C22H36O4. The van der Waals surface area contributed by atoms with Gasteiger partial charge in [-0.25, -0.2) is 0 Å². The first-order valence-corrected chi connectivity index (χ1v) is 10.4. The average Bonchev–Trinajstić information content (AvgIpc) is 2.63. The fraction of sp³-hybridized carbons (Fsp3) is 0.909. The molecule has 2 aliphatic carbocycles. The monoisotopic (exact) mass is 364 g/mol. The van der Waals surface area contributed by atoms with Gasteiger partial charge in [-0.05, 0) is 82.5 Å². The highest BCUT2D eigenvalue weighted by Gasteiger charge is 2.55. The second kappa shape index (κ2) is 6.53. The van der Waals surface area contributed by atoms with Gasteiger partial charge in [0.25, 0.3) is 0 Å². The molecule has 0 radical (unpaired) electrons. The third-order valence-corrected chi connectivity index (χ3v) is 7.51. The molecule has 0 aromatic carbocycles. The second-order valence-corrected chi connectivity index (χ2v) is 10.5. The van der Waals surface area contributed by atoms with Gasteiger partial charge in [-0.3, -0.25) is 9.59 Å². The molecule has 0 aromatic rings. The maximum absolute atomic E-state index is 12.8. The first-order valence-electron chi connectivity index (χ1n) is 10.4. The zero-order valence-electron chi connectivity index (χ0n) is 17.4. The Bertz CT molecular complexity index is 579. The molecule has 0 aromatic heterocycles. The standard InChI is InChI=1S/C22H36O4/c1-7-18(23)26-22(6)11-10-17-15-12-14(22)8-9-16(15)20(2,3)13-21(4,5)19(24)25-17/h14-17H,7-13H2,1-6H3. The van der Waals surface area contributed by atoms with E-state index >= 15 is 0 Å². The number of hydrogen-bond acceptors (Lipinski definition) is 4. The molecule has 3 rings (SSSR count). The summed E-state index contributed by atoms with van der Waals surface area (Å²) in [5, 5.41) is 0. The van der Waals surface area contributed by atoms with E-state index < -0.39 is 11.0 Å². The molecule has 4 nitrogen and oxygen atoms in total. The molecule has 1 heterocycles. The molecule has 1 aliphatic heterocycles. The molecule has 3 aliphatic rings. The summed E-state index contributed by atoms with van der Waals surface area (Å²) in [5.41, 5.74) is -0.765. The van der Waals surface area contributed by atoms with Gasteiger partial charge in [0.1, 0.15) is 11.7 Å². The highest BCUT2D eigenvalue weighted by Crippen LogP contribution is 2.56. The first-order chi connectivity index (χ1) is 12.0. The molecule has 3 fully saturated rings. The Hall–Kier alpha value is -1.06. The Labute approximate surface area is 158 Å². The lowest BCUT2D eigenvalue weighted by molar-refractivity contribution is -0.176. The quantitative estimate of drug-likeness (QED) is 0.655. The lowest BCUT2D eigenvalue weighted by atomic mass is 9.57. The van der Waals surface area contributed by atoms with Crippen LogP contribution in [0.3, 0.4) is 0 Å². The Morgan fingerprint density at radius 1 is 1.15 bits per heavy atom. The van der Waals surface area contributed by atoms with Crippen molar-refractivity contribution in [1.82, 2.24) is 0 Å². The van der Waals surface area contributed by atoms with E-state index in [9.17, 15) is 9.59 Å². The third kappa shape index (κ3) is 3.41. The van der Waals surface area contributed by atoms with E-state index in [1.54, 1.807) is 0 Å². The van der Waals surface area contributed by atoms with Gasteiger partial charge < -0.3 is 9.47 Å². The van der Waals surface area contributed by atoms with Crippen LogP contribution < -0.4 is 0 Å². The molecular weight excluding hydrogens is 328 g/mol. The highest BCUT2D eigenvalue weighted by molar-refractivity contribution is 5.76. The number of fused-ring (bicyclic) bond motifs is 1. The van der Waals surface area contributed by atoms with Gasteiger partial charge in [-0.15, -0.1) is 0 Å². The molecule has 1 saturated heterocycles. The summed E-state index contributed by atoms with van der Waals surface area (Å²) in [6.07, 6.45) is 6.03. The van der Waals surface area contributed by atoms with E-state index in [0.717, 1.165) is 38.5 Å². The van der Waals surface area contributed by atoms with Crippen molar-refractivity contribution in [2.75, 3.05) is 0 Å². The molecule has 0 N–H and O–H groups in total. The Morgan fingerprint density at radius 3 is 2.50 bits per heavy atom. The fourth-order valence-corrected chi connectivity index (χ4v) is 6.24. The van der Waals surface area contributed by atoms with Crippen LogP contribution in [-0.4, -0.2) is 23.6 Å². The molecule has 5 atom stereocenters. The minimum Gasteiger partial charge on any atom is -0.462 e. The van der Waals surface area contributed by atoms with Crippen LogP contribution in [0.4, 0.5) is 0 Å². The van der Waals surface area contributed by atoms with Crippen molar-refractivity contribution in [2.45, 2.75) is 98.2 Å². The van der Waals surface area contributed by atoms with Crippen LogP contribution in [0, 0.1) is 28.6 Å². The lowest BCUT2D eigenvalue weighted by Gasteiger charge is -2.51. The van der Waals surface area contributed by atoms with Crippen LogP contribution in [0.25, 0.3) is 0 Å². The van der Waals surface area contributed by atoms with Crippen LogP contribution in [0.1, 0.15) is 86.5 Å². The van der Waals surface area contributed by atoms with E-state index in [-0.39, 0.29) is 23.5 Å². The minimum absolute atomic E-state index is 0.0451. The predicted octanol–water partition coefficient (Wildman–Crippen LogP) is 4.89. The minimum atomic E-state index is -0.449. The van der Waals surface area contributed by atoms with Crippen molar-refractivity contribution < 1.29 is 19.1 Å². The predicted molar refractivity (Wildman–Crippen MR) is 100 cm³/mol. The molecule has 0 spiro atoms. The van der Waals surface area contributed by atoms with E-state index in [0.29, 0.717) is 24.2 Å². The number of hydrogen-bond donors (Lipinski definition) is 0. The van der Waals surface area contributed by atoms with Crippen LogP contribution in [0.2, 0.25) is 0 Å². The zero-order valence-corrected chi connectivity index (χ0v) is 17.4. The zero-order chi connectivity index (χ0) is 19.3. The van der Waals surface area contributed by atoms with Gasteiger partial charge in [0.2, 0.25) is 0 Å². The maximum atomic E-state index is 12.8. The van der Waals surface area contributed by atoms with Crippen LogP contribution in [0.15, 0.2) is 0 Å². The SMILES string of the molecule is CCC(=O)OC1(C)CCC2OC(=O)C(C)(C)CC(C)(C)C3CCC1CC23. The van der Waals surface area contributed by atoms with Gasteiger partial charge in [-0.2, -0.15) is 0 Å². The number of esters is 2. The Morgan fingerprint density at radius 2 is 1.85 bits per heavy atom. The van der Waals surface area contributed by atoms with Gasteiger partial charge in [0, 0.05) is 6.42 Å². The smallest absolute Gasteiger partial charge is 0.311 e. The van der Waals surface area contributed by atoms with E-state index in [2.05, 4.69) is 20.8 Å². The second-order valence-electron chi connectivity index (χ2n) is 10.5. The van der Waals surface area contributed by atoms with Gasteiger partial charge >= 0.3 is 11.9 Å². The van der Waals surface area contributed by atoms with Gasteiger partial charge in [0.05, 0.1) is 5.41 Å². The molecule has 26 heavy (non-hydrogen) atoms. The summed E-state index contributed by atoms with van der Waals surface area (Å²) in [4.78, 5) is 24.9. The van der Waals surface area contributed by atoms with Crippen molar-refractivity contribution in [2.24, 2.45) is 28.6 Å². The Balaban J connectivity index is 1.93. The Kier molecular flexibility index (Phi) is 4.94. The summed E-state index contributed by atoms with van der Waals surface area (Å²) >= 11 is 0. The third-order valence-electron chi connectivity index (χ3n) is 7.51. The van der Waals surface area contributed by atoms with Crippen molar-refractivity contribution in [3.8, 4) is 0 Å². The molecule has 4 heteroatoms. The van der Waals surface area contributed by atoms with Gasteiger partial charge in [-0.1, -0.05) is 20.8 Å². The highest BCUT2D eigenvalue weighted by atomic mass is 16.6. The van der Waals surface area contributed by atoms with Crippen molar-refractivity contribution in [3.63, 3.8) is 0 Å². The lowest BCUT2D eigenvalue weighted by Crippen LogP contribution is -2.49. The first kappa shape index (κ1) is 19.7. The van der Waals surface area contributed by atoms with Crippen LogP contribution in [-0.2, 0) is 19.1 Å². The number of carbonyl (C=O) groups excluding carboxylic acids is 2. The summed E-state index contributed by atoms with van der Waals surface area (Å²) in [6.45, 7) is 12.6. The molecule has 2 saturated carbocycles. The fourth-order valence-electron chi connectivity index (χ4n) is 6.24. The molecule has 148 valence electrons. The number of carbonyl (C=O) groups is 2. The summed E-state index contributed by atoms with van der Waals surface area (Å²) in [6, 6.07) is 0. The summed E-state index contributed by atoms with van der Waals surface area (Å²) in [7, 11) is 0.